The van der Waals surface area contributed by atoms with Gasteiger partial charge < -0.3 is 10.2 Å². The summed E-state index contributed by atoms with van der Waals surface area (Å²) < 4.78 is 78.6. The predicted molar refractivity (Wildman–Crippen MR) is 89.1 cm³/mol. The Kier molecular flexibility index (Phi) is 4.48. The molecule has 1 atom stereocenters. The summed E-state index contributed by atoms with van der Waals surface area (Å²) in [5.41, 5.74) is 0.622. The highest BCUT2D eigenvalue weighted by Gasteiger charge is 2.37. The molecule has 2 heterocycles. The summed E-state index contributed by atoms with van der Waals surface area (Å²) in [6.45, 7) is 3.24. The predicted octanol–water partition coefficient (Wildman–Crippen LogP) is 4.06. The molecule has 0 amide bonds. The molecule has 1 aromatic carbocycles. The second kappa shape index (κ2) is 6.25. The largest absolute Gasteiger partial charge is 0.417 e. The lowest BCUT2D eigenvalue weighted by molar-refractivity contribution is -0.132. The minimum absolute atomic E-state index is 0.0166. The van der Waals surface area contributed by atoms with Gasteiger partial charge in [-0.15, -0.1) is 0 Å². The maximum Gasteiger partial charge on any atom is 0.417 e. The summed E-state index contributed by atoms with van der Waals surface area (Å²) in [6, 6.07) is 2.75. The number of allylic oxidation sites excluding steroid dienone is 1. The van der Waals surface area contributed by atoms with Crippen molar-refractivity contribution in [3.63, 3.8) is 0 Å². The van der Waals surface area contributed by atoms with E-state index >= 15 is 0 Å². The Morgan fingerprint density at radius 2 is 1.77 bits per heavy atom. The van der Waals surface area contributed by atoms with Gasteiger partial charge in [-0.1, -0.05) is 6.92 Å². The molecule has 0 aliphatic carbocycles. The Bertz CT molecular complexity index is 863. The Labute approximate surface area is 146 Å². The van der Waals surface area contributed by atoms with E-state index in [1.807, 2.05) is 6.92 Å². The van der Waals surface area contributed by atoms with Crippen molar-refractivity contribution in [2.45, 2.75) is 45.1 Å². The highest BCUT2D eigenvalue weighted by molar-refractivity contribution is 5.79. The van der Waals surface area contributed by atoms with Crippen molar-refractivity contribution in [2.24, 2.45) is 0 Å². The molecule has 0 fully saturated rings. The molecule has 8 heteroatoms. The van der Waals surface area contributed by atoms with Gasteiger partial charge in [-0.2, -0.15) is 26.3 Å². The van der Waals surface area contributed by atoms with Crippen LogP contribution in [0.5, 0.6) is 0 Å². The van der Waals surface area contributed by atoms with Crippen molar-refractivity contribution >= 4 is 22.5 Å². The first-order chi connectivity index (χ1) is 12.0. The van der Waals surface area contributed by atoms with Gasteiger partial charge >= 0.3 is 12.4 Å². The lowest BCUT2D eigenvalue weighted by atomic mass is 10.0. The number of nitrogens with zero attached hydrogens (tertiary/aromatic N) is 1. The first-order valence-electron chi connectivity index (χ1n) is 8.26. The third-order valence-electron chi connectivity index (χ3n) is 4.85. The van der Waals surface area contributed by atoms with Crippen LogP contribution in [0.1, 0.15) is 26.7 Å². The van der Waals surface area contributed by atoms with Gasteiger partial charge in [-0.3, -0.25) is 0 Å². The number of halogens is 6. The number of anilines is 2. The molecule has 1 N–H and O–H groups in total. The lowest BCUT2D eigenvalue weighted by Crippen LogP contribution is -2.37. The first kappa shape index (κ1) is 18.7. The van der Waals surface area contributed by atoms with Gasteiger partial charge in [0, 0.05) is 34.6 Å². The monoisotopic (exact) mass is 376 g/mol. The Morgan fingerprint density at radius 1 is 1.08 bits per heavy atom. The van der Waals surface area contributed by atoms with Crippen molar-refractivity contribution in [2.75, 3.05) is 16.8 Å². The third kappa shape index (κ3) is 3.17. The molecule has 2 nitrogen and oxygen atoms in total. The van der Waals surface area contributed by atoms with Crippen LogP contribution < -0.4 is 20.7 Å². The van der Waals surface area contributed by atoms with Crippen LogP contribution in [0.4, 0.5) is 37.7 Å². The maximum atomic E-state index is 13.5. The zero-order chi connectivity index (χ0) is 19.3. The second-order valence-electron chi connectivity index (χ2n) is 6.44. The quantitative estimate of drug-likeness (QED) is 0.801. The summed E-state index contributed by atoms with van der Waals surface area (Å²) in [6.07, 6.45) is -7.19. The van der Waals surface area contributed by atoms with Crippen molar-refractivity contribution in [3.8, 4) is 0 Å². The summed E-state index contributed by atoms with van der Waals surface area (Å²) >= 11 is 0. The van der Waals surface area contributed by atoms with Gasteiger partial charge in [0.25, 0.3) is 0 Å². The molecular weight excluding hydrogens is 358 g/mol. The van der Waals surface area contributed by atoms with Gasteiger partial charge in [0.2, 0.25) is 0 Å². The van der Waals surface area contributed by atoms with Gasteiger partial charge in [0.15, 0.2) is 0 Å². The topological polar surface area (TPSA) is 15.3 Å². The van der Waals surface area contributed by atoms with E-state index < -0.39 is 24.3 Å². The van der Waals surface area contributed by atoms with E-state index in [1.54, 1.807) is 17.9 Å². The zero-order valence-electron chi connectivity index (χ0n) is 14.2. The van der Waals surface area contributed by atoms with Crippen LogP contribution in [0, 0.1) is 0 Å². The fourth-order valence-corrected chi connectivity index (χ4v) is 3.78. The minimum atomic E-state index is -4.55. The van der Waals surface area contributed by atoms with Crippen molar-refractivity contribution in [1.29, 1.82) is 0 Å². The molecule has 2 aliphatic rings. The Hall–Kier alpha value is -2.12. The number of rotatable bonds is 3. The van der Waals surface area contributed by atoms with Gasteiger partial charge in [-0.05, 0) is 37.1 Å². The van der Waals surface area contributed by atoms with Crippen molar-refractivity contribution in [3.05, 3.63) is 34.8 Å². The van der Waals surface area contributed by atoms with E-state index in [4.69, 9.17) is 0 Å². The second-order valence-corrected chi connectivity index (χ2v) is 6.44. The molecule has 0 saturated heterocycles. The fourth-order valence-electron chi connectivity index (χ4n) is 3.78. The van der Waals surface area contributed by atoms with E-state index in [-0.39, 0.29) is 17.8 Å². The number of fused-ring (bicyclic) bond motifs is 3. The van der Waals surface area contributed by atoms with E-state index in [0.717, 1.165) is 6.08 Å². The summed E-state index contributed by atoms with van der Waals surface area (Å²) in [5, 5.41) is 3.21. The van der Waals surface area contributed by atoms with Gasteiger partial charge in [0.1, 0.15) is 0 Å². The zero-order valence-corrected chi connectivity index (χ0v) is 14.2. The van der Waals surface area contributed by atoms with Crippen LogP contribution in [0.25, 0.3) is 11.1 Å². The molecule has 1 aromatic rings. The molecule has 0 bridgehead atoms. The number of benzene rings is 1. The summed E-state index contributed by atoms with van der Waals surface area (Å²) in [7, 11) is 0. The fraction of sp³-hybridized carbons (Fsp3) is 0.444. The van der Waals surface area contributed by atoms with Crippen molar-refractivity contribution in [1.82, 2.24) is 0 Å². The number of hydrogen-bond acceptors (Lipinski definition) is 2. The molecule has 3 rings (SSSR count). The molecular formula is C18H18F6N2. The molecule has 0 spiro atoms. The molecule has 26 heavy (non-hydrogen) atoms. The molecule has 0 radical (unpaired) electrons. The highest BCUT2D eigenvalue weighted by Crippen LogP contribution is 2.33. The van der Waals surface area contributed by atoms with Gasteiger partial charge in [0.05, 0.1) is 18.0 Å². The van der Waals surface area contributed by atoms with Crippen LogP contribution in [0.2, 0.25) is 0 Å². The van der Waals surface area contributed by atoms with Crippen LogP contribution in [0.15, 0.2) is 24.4 Å². The Morgan fingerprint density at radius 3 is 2.35 bits per heavy atom. The number of alkyl halides is 6. The molecule has 142 valence electrons. The molecule has 0 saturated carbocycles. The standard InChI is InChI=1S/C18H18F6N2/c1-3-13-10(2)15-14(26(13)9-7-17(19,20)21)5-4-12-16(15)11(6-8-25-12)18(22,23)24/h4-6,8,13,25H,3,7,9H2,1-2H3. The van der Waals surface area contributed by atoms with E-state index in [9.17, 15) is 26.3 Å². The maximum absolute atomic E-state index is 13.5. The van der Waals surface area contributed by atoms with E-state index in [0.29, 0.717) is 28.6 Å². The first-order valence-corrected chi connectivity index (χ1v) is 8.26. The Balaban J connectivity index is 2.25. The molecule has 0 aromatic heterocycles. The van der Waals surface area contributed by atoms with Crippen LogP contribution in [-0.2, 0) is 0 Å². The lowest BCUT2D eigenvalue weighted by Gasteiger charge is -2.29. The van der Waals surface area contributed by atoms with Crippen LogP contribution in [-0.4, -0.2) is 24.9 Å². The SMILES string of the molecule is CCC1C(C)=c2c(ccc3c2=C(C(F)(F)F)C=CN3)N1CCC(F)(F)F. The average molecular weight is 376 g/mol. The van der Waals surface area contributed by atoms with Crippen LogP contribution >= 0.6 is 0 Å². The average Bonchev–Trinajstić information content (AvgIpc) is 2.82. The van der Waals surface area contributed by atoms with E-state index in [1.165, 1.54) is 12.3 Å². The summed E-state index contributed by atoms with van der Waals surface area (Å²) in [4.78, 5) is 1.57. The third-order valence-corrected chi connectivity index (χ3v) is 4.85. The van der Waals surface area contributed by atoms with Crippen molar-refractivity contribution < 1.29 is 26.3 Å². The number of nitrogens with one attached hydrogen (secondary N) is 1. The highest BCUT2D eigenvalue weighted by atomic mass is 19.4. The van der Waals surface area contributed by atoms with E-state index in [2.05, 4.69) is 5.32 Å². The van der Waals surface area contributed by atoms with Gasteiger partial charge in [-0.25, -0.2) is 0 Å². The molecule has 1 unspecified atom stereocenters. The minimum Gasteiger partial charge on any atom is -0.364 e. The normalized spacial score (nSPS) is 19.5. The molecule has 2 aliphatic heterocycles. The summed E-state index contributed by atoms with van der Waals surface area (Å²) in [5.74, 6) is 0. The number of hydrogen-bond donors (Lipinski definition) is 1. The smallest absolute Gasteiger partial charge is 0.364 e. The van der Waals surface area contributed by atoms with Crippen LogP contribution in [0.3, 0.4) is 0 Å².